The molecule has 0 aliphatic carbocycles. The van der Waals surface area contributed by atoms with Gasteiger partial charge in [0.25, 0.3) is 0 Å². The van der Waals surface area contributed by atoms with Crippen molar-refractivity contribution in [1.82, 2.24) is 4.98 Å². The van der Waals surface area contributed by atoms with Crippen LogP contribution in [0.4, 0.5) is 22.0 Å². The van der Waals surface area contributed by atoms with E-state index in [9.17, 15) is 26.7 Å². The number of benzene rings is 2. The molecule has 2 aromatic carbocycles. The Kier molecular flexibility index (Phi) is 7.01. The van der Waals surface area contributed by atoms with Gasteiger partial charge in [0.05, 0.1) is 23.2 Å². The lowest BCUT2D eigenvalue weighted by Crippen LogP contribution is -2.14. The zero-order valence-electron chi connectivity index (χ0n) is 15.0. The summed E-state index contributed by atoms with van der Waals surface area (Å²) in [4.78, 5) is 16.3. The fourth-order valence-corrected chi connectivity index (χ4v) is 3.24. The average molecular weight is 413 g/mol. The van der Waals surface area contributed by atoms with E-state index in [1.165, 1.54) is 23.6 Å². The number of rotatable bonds is 4. The number of carbonyl (C=O) groups excluding carboxylic acids is 1. The maximum atomic E-state index is 13.8. The number of ketones is 1. The molecule has 148 valence electrons. The number of thiazole rings is 1. The third-order valence-corrected chi connectivity index (χ3v) is 4.46. The molecule has 3 aromatic rings. The van der Waals surface area contributed by atoms with Crippen molar-refractivity contribution in [2.45, 2.75) is 26.4 Å². The van der Waals surface area contributed by atoms with Gasteiger partial charge in [-0.1, -0.05) is 38.1 Å². The van der Waals surface area contributed by atoms with Crippen LogP contribution >= 0.6 is 11.3 Å². The van der Waals surface area contributed by atoms with Crippen molar-refractivity contribution in [3.63, 3.8) is 0 Å². The van der Waals surface area contributed by atoms with Gasteiger partial charge in [-0.2, -0.15) is 13.2 Å². The topological polar surface area (TPSA) is 30.0 Å². The average Bonchev–Trinajstić information content (AvgIpc) is 3.10. The van der Waals surface area contributed by atoms with Gasteiger partial charge in [0.1, 0.15) is 16.6 Å². The molecule has 0 amide bonds. The molecule has 3 rings (SSSR count). The van der Waals surface area contributed by atoms with Gasteiger partial charge in [0.15, 0.2) is 5.78 Å². The molecule has 0 bridgehead atoms. The molecular formula is C20H16F5NOS. The monoisotopic (exact) mass is 413 g/mol. The van der Waals surface area contributed by atoms with Gasteiger partial charge < -0.3 is 0 Å². The van der Waals surface area contributed by atoms with Crippen molar-refractivity contribution in [3.8, 4) is 11.3 Å². The molecule has 0 radical (unpaired) electrons. The van der Waals surface area contributed by atoms with Gasteiger partial charge in [0, 0.05) is 10.9 Å². The lowest BCUT2D eigenvalue weighted by molar-refractivity contribution is -0.137. The molecule has 0 spiro atoms. The van der Waals surface area contributed by atoms with Crippen LogP contribution in [-0.4, -0.2) is 10.8 Å². The van der Waals surface area contributed by atoms with Crippen LogP contribution < -0.4 is 0 Å². The molecular weight excluding hydrogens is 397 g/mol. The van der Waals surface area contributed by atoms with Gasteiger partial charge in [-0.3, -0.25) is 4.79 Å². The highest BCUT2D eigenvalue weighted by Gasteiger charge is 2.34. The Morgan fingerprint density at radius 2 is 1.61 bits per heavy atom. The van der Waals surface area contributed by atoms with E-state index < -0.39 is 41.1 Å². The van der Waals surface area contributed by atoms with Gasteiger partial charge >= 0.3 is 6.18 Å². The standard InChI is InChI=1S/C18H10F5NOS.C2H6/c19-12-6-3-7-13(20)17(12)14-9-26-16(24-14)8-15(25)10-4-1-2-5-11(10)18(21,22)23;1-2/h1-7,9H,8H2;1-2H3. The number of aromatic nitrogens is 1. The van der Waals surface area contributed by atoms with E-state index in [1.807, 2.05) is 13.8 Å². The van der Waals surface area contributed by atoms with Crippen molar-refractivity contribution in [2.24, 2.45) is 0 Å². The van der Waals surface area contributed by atoms with E-state index in [1.54, 1.807) is 0 Å². The molecule has 1 heterocycles. The molecule has 1 aromatic heterocycles. The summed E-state index contributed by atoms with van der Waals surface area (Å²) in [7, 11) is 0. The third-order valence-electron chi connectivity index (χ3n) is 3.62. The van der Waals surface area contributed by atoms with Crippen molar-refractivity contribution in [3.05, 3.63) is 75.6 Å². The zero-order chi connectivity index (χ0) is 20.9. The van der Waals surface area contributed by atoms with Gasteiger partial charge in [-0.15, -0.1) is 11.3 Å². The second-order valence-corrected chi connectivity index (χ2v) is 6.31. The number of alkyl halides is 3. The normalized spacial score (nSPS) is 11.0. The number of nitrogens with zero attached hydrogens (tertiary/aromatic N) is 1. The van der Waals surface area contributed by atoms with E-state index >= 15 is 0 Å². The van der Waals surface area contributed by atoms with Crippen LogP contribution in [0.3, 0.4) is 0 Å². The Hall–Kier alpha value is -2.61. The minimum absolute atomic E-state index is 0.00231. The summed E-state index contributed by atoms with van der Waals surface area (Å²) in [5.74, 6) is -2.39. The molecule has 0 saturated heterocycles. The number of carbonyl (C=O) groups is 1. The highest BCUT2D eigenvalue weighted by Crippen LogP contribution is 2.33. The first-order chi connectivity index (χ1) is 13.3. The van der Waals surface area contributed by atoms with Crippen LogP contribution in [0.25, 0.3) is 11.3 Å². The summed E-state index contributed by atoms with van der Waals surface area (Å²) in [5, 5.41) is 1.53. The zero-order valence-corrected chi connectivity index (χ0v) is 15.8. The summed E-state index contributed by atoms with van der Waals surface area (Å²) in [6, 6.07) is 7.81. The van der Waals surface area contributed by atoms with Crippen molar-refractivity contribution in [2.75, 3.05) is 0 Å². The van der Waals surface area contributed by atoms with E-state index in [-0.39, 0.29) is 16.3 Å². The quantitative estimate of drug-likeness (QED) is 0.358. The van der Waals surface area contributed by atoms with Crippen molar-refractivity contribution < 1.29 is 26.7 Å². The van der Waals surface area contributed by atoms with Gasteiger partial charge in [-0.05, 0) is 18.2 Å². The Bertz CT molecular complexity index is 945. The Balaban J connectivity index is 0.00000136. The number of halogens is 5. The number of Topliss-reactive ketones (excluding diaryl/α,β-unsaturated/α-hetero) is 1. The van der Waals surface area contributed by atoms with Crippen molar-refractivity contribution in [1.29, 1.82) is 0 Å². The van der Waals surface area contributed by atoms with Gasteiger partial charge in [-0.25, -0.2) is 13.8 Å². The van der Waals surface area contributed by atoms with E-state index in [2.05, 4.69) is 4.98 Å². The van der Waals surface area contributed by atoms with Crippen LogP contribution in [0.5, 0.6) is 0 Å². The summed E-state index contributed by atoms with van der Waals surface area (Å²) in [5.41, 5.74) is -1.83. The molecule has 0 N–H and O–H groups in total. The molecule has 0 aliphatic heterocycles. The Morgan fingerprint density at radius 1 is 1.00 bits per heavy atom. The predicted molar refractivity (Wildman–Crippen MR) is 98.3 cm³/mol. The number of hydrogen-bond donors (Lipinski definition) is 0. The summed E-state index contributed by atoms with van der Waals surface area (Å²) >= 11 is 0.952. The Morgan fingerprint density at radius 3 is 2.21 bits per heavy atom. The molecule has 0 atom stereocenters. The molecule has 28 heavy (non-hydrogen) atoms. The molecule has 0 fully saturated rings. The molecule has 0 aliphatic rings. The second kappa shape index (κ2) is 9.05. The van der Waals surface area contributed by atoms with Crippen molar-refractivity contribution >= 4 is 17.1 Å². The van der Waals surface area contributed by atoms with E-state index in [0.717, 1.165) is 35.6 Å². The Labute approximate surface area is 162 Å². The first-order valence-corrected chi connectivity index (χ1v) is 9.23. The van der Waals surface area contributed by atoms with E-state index in [0.29, 0.717) is 0 Å². The van der Waals surface area contributed by atoms with Crippen LogP contribution in [-0.2, 0) is 12.6 Å². The molecule has 0 saturated carbocycles. The first kappa shape index (κ1) is 21.7. The fourth-order valence-electron chi connectivity index (χ4n) is 2.46. The molecule has 2 nitrogen and oxygen atoms in total. The lowest BCUT2D eigenvalue weighted by atomic mass is 10.0. The van der Waals surface area contributed by atoms with Crippen LogP contribution in [0.1, 0.15) is 34.8 Å². The first-order valence-electron chi connectivity index (χ1n) is 8.35. The van der Waals surface area contributed by atoms with Gasteiger partial charge in [0.2, 0.25) is 0 Å². The van der Waals surface area contributed by atoms with Crippen LogP contribution in [0.2, 0.25) is 0 Å². The minimum atomic E-state index is -4.66. The highest BCUT2D eigenvalue weighted by molar-refractivity contribution is 7.10. The summed E-state index contributed by atoms with van der Waals surface area (Å²) in [6.45, 7) is 4.00. The SMILES string of the molecule is CC.O=C(Cc1nc(-c2c(F)cccc2F)cs1)c1ccccc1C(F)(F)F. The third kappa shape index (κ3) is 4.81. The highest BCUT2D eigenvalue weighted by atomic mass is 32.1. The maximum absolute atomic E-state index is 13.8. The summed E-state index contributed by atoms with van der Waals surface area (Å²) in [6.07, 6.45) is -5.05. The molecule has 8 heteroatoms. The van der Waals surface area contributed by atoms with Crippen LogP contribution in [0.15, 0.2) is 47.8 Å². The number of hydrogen-bond acceptors (Lipinski definition) is 3. The second-order valence-electron chi connectivity index (χ2n) is 5.37. The smallest absolute Gasteiger partial charge is 0.294 e. The van der Waals surface area contributed by atoms with E-state index in [4.69, 9.17) is 0 Å². The lowest BCUT2D eigenvalue weighted by Gasteiger charge is -2.11. The largest absolute Gasteiger partial charge is 0.417 e. The predicted octanol–water partition coefficient (Wildman–Crippen LogP) is 6.56. The maximum Gasteiger partial charge on any atom is 0.417 e. The summed E-state index contributed by atoms with van der Waals surface area (Å²) < 4.78 is 66.6. The van der Waals surface area contributed by atoms with Crippen LogP contribution in [0, 0.1) is 11.6 Å². The minimum Gasteiger partial charge on any atom is -0.294 e. The fraction of sp³-hybridized carbons (Fsp3) is 0.200. The molecule has 0 unspecified atom stereocenters.